The van der Waals surface area contributed by atoms with E-state index in [1.54, 1.807) is 0 Å². The van der Waals surface area contributed by atoms with Gasteiger partial charge in [-0.25, -0.2) is 0 Å². The van der Waals surface area contributed by atoms with Crippen LogP contribution < -0.4 is 10.6 Å². The fourth-order valence-electron chi connectivity index (χ4n) is 2.76. The molecule has 2 aliphatic rings. The van der Waals surface area contributed by atoms with Crippen molar-refractivity contribution in [2.75, 3.05) is 11.4 Å². The largest absolute Gasteiger partial charge is 0.368 e. The van der Waals surface area contributed by atoms with E-state index in [4.69, 9.17) is 5.73 Å². The summed E-state index contributed by atoms with van der Waals surface area (Å²) >= 11 is 0. The Morgan fingerprint density at radius 1 is 1.27 bits per heavy atom. The molecule has 1 aliphatic carbocycles. The van der Waals surface area contributed by atoms with Crippen molar-refractivity contribution < 1.29 is 0 Å². The fraction of sp³-hybridized carbons (Fsp3) is 0.538. The minimum atomic E-state index is 0.645. The van der Waals surface area contributed by atoms with Crippen molar-refractivity contribution in [3.8, 4) is 0 Å². The van der Waals surface area contributed by atoms with Gasteiger partial charge >= 0.3 is 0 Å². The number of nitrogens with two attached hydrogens (primary N) is 1. The molecule has 2 N–H and O–H groups in total. The van der Waals surface area contributed by atoms with E-state index in [0.717, 1.165) is 12.0 Å². The third kappa shape index (κ3) is 1.63. The molecule has 1 saturated carbocycles. The van der Waals surface area contributed by atoms with Crippen molar-refractivity contribution in [3.63, 3.8) is 0 Å². The van der Waals surface area contributed by atoms with Gasteiger partial charge in [-0.05, 0) is 42.9 Å². The number of piperidine rings is 1. The van der Waals surface area contributed by atoms with Crippen molar-refractivity contribution in [3.05, 3.63) is 29.8 Å². The molecular weight excluding hydrogens is 184 g/mol. The van der Waals surface area contributed by atoms with Crippen LogP contribution in [-0.4, -0.2) is 12.6 Å². The minimum Gasteiger partial charge on any atom is -0.368 e. The molecule has 2 heteroatoms. The van der Waals surface area contributed by atoms with Gasteiger partial charge in [-0.1, -0.05) is 12.1 Å². The van der Waals surface area contributed by atoms with Crippen molar-refractivity contribution in [2.24, 2.45) is 11.7 Å². The van der Waals surface area contributed by atoms with Crippen molar-refractivity contribution in [1.82, 2.24) is 0 Å². The topological polar surface area (TPSA) is 29.3 Å². The summed E-state index contributed by atoms with van der Waals surface area (Å²) in [6.45, 7) is 1.88. The molecule has 1 saturated heterocycles. The highest BCUT2D eigenvalue weighted by atomic mass is 15.2. The van der Waals surface area contributed by atoms with Crippen LogP contribution in [0.3, 0.4) is 0 Å². The van der Waals surface area contributed by atoms with Crippen LogP contribution in [0.15, 0.2) is 24.3 Å². The van der Waals surface area contributed by atoms with Gasteiger partial charge in [0, 0.05) is 24.8 Å². The van der Waals surface area contributed by atoms with Crippen LogP contribution in [0.2, 0.25) is 0 Å². The van der Waals surface area contributed by atoms with Gasteiger partial charge in [0.15, 0.2) is 0 Å². The van der Waals surface area contributed by atoms with Crippen molar-refractivity contribution >= 4 is 5.69 Å². The molecule has 0 bridgehead atoms. The van der Waals surface area contributed by atoms with Crippen LogP contribution in [0.1, 0.15) is 24.8 Å². The minimum absolute atomic E-state index is 0.645. The van der Waals surface area contributed by atoms with E-state index in [2.05, 4.69) is 29.2 Å². The van der Waals surface area contributed by atoms with Gasteiger partial charge in [0.25, 0.3) is 0 Å². The lowest BCUT2D eigenvalue weighted by atomic mass is 10.1. The van der Waals surface area contributed by atoms with Crippen LogP contribution in [0.5, 0.6) is 0 Å². The third-order valence-corrected chi connectivity index (χ3v) is 3.76. The smallest absolute Gasteiger partial charge is 0.0369 e. The molecule has 0 amide bonds. The zero-order valence-corrected chi connectivity index (χ0v) is 9.02. The highest BCUT2D eigenvalue weighted by molar-refractivity contribution is 5.50. The second-order valence-corrected chi connectivity index (χ2v) is 4.77. The first-order chi connectivity index (χ1) is 7.38. The van der Waals surface area contributed by atoms with Crippen LogP contribution in [0.25, 0.3) is 0 Å². The molecule has 2 fully saturated rings. The maximum atomic E-state index is 5.60. The van der Waals surface area contributed by atoms with E-state index < -0.39 is 0 Å². The van der Waals surface area contributed by atoms with E-state index >= 15 is 0 Å². The predicted molar refractivity (Wildman–Crippen MR) is 62.8 cm³/mol. The summed E-state index contributed by atoms with van der Waals surface area (Å²) in [4.78, 5) is 2.58. The summed E-state index contributed by atoms with van der Waals surface area (Å²) in [6.07, 6.45) is 4.22. The number of rotatable bonds is 2. The Morgan fingerprint density at radius 3 is 2.80 bits per heavy atom. The second kappa shape index (κ2) is 3.53. The molecule has 1 aromatic carbocycles. The fourth-order valence-corrected chi connectivity index (χ4v) is 2.76. The van der Waals surface area contributed by atoms with Crippen molar-refractivity contribution in [1.29, 1.82) is 0 Å². The maximum absolute atomic E-state index is 5.60. The van der Waals surface area contributed by atoms with Crippen LogP contribution in [-0.2, 0) is 6.54 Å². The number of fused-ring (bicyclic) bond motifs is 1. The average molecular weight is 202 g/mol. The zero-order chi connectivity index (χ0) is 10.3. The molecular formula is C13H18N2. The lowest BCUT2D eigenvalue weighted by Gasteiger charge is -2.29. The number of hydrogen-bond donors (Lipinski definition) is 1. The summed E-state index contributed by atoms with van der Waals surface area (Å²) < 4.78 is 0. The molecule has 2 unspecified atom stereocenters. The van der Waals surface area contributed by atoms with Crippen LogP contribution in [0.4, 0.5) is 5.69 Å². The molecule has 15 heavy (non-hydrogen) atoms. The van der Waals surface area contributed by atoms with Crippen LogP contribution >= 0.6 is 0 Å². The first-order valence-electron chi connectivity index (χ1n) is 5.94. The summed E-state index contributed by atoms with van der Waals surface area (Å²) in [6, 6.07) is 9.61. The zero-order valence-electron chi connectivity index (χ0n) is 9.02. The highest BCUT2D eigenvalue weighted by Gasteiger charge is 2.43. The molecule has 0 aromatic heterocycles. The SMILES string of the molecule is NCc1ccc(N2CCCC3CC32)cc1. The molecule has 0 radical (unpaired) electrons. The van der Waals surface area contributed by atoms with E-state index in [-0.39, 0.29) is 0 Å². The number of benzene rings is 1. The van der Waals surface area contributed by atoms with Crippen LogP contribution in [0, 0.1) is 5.92 Å². The van der Waals surface area contributed by atoms with Gasteiger partial charge in [-0.2, -0.15) is 0 Å². The van der Waals surface area contributed by atoms with E-state index in [0.29, 0.717) is 6.54 Å². The lowest BCUT2D eigenvalue weighted by molar-refractivity contribution is 0.559. The maximum Gasteiger partial charge on any atom is 0.0369 e. The first kappa shape index (κ1) is 9.22. The molecule has 2 nitrogen and oxygen atoms in total. The summed E-state index contributed by atoms with van der Waals surface area (Å²) in [5.41, 5.74) is 8.21. The Morgan fingerprint density at radius 2 is 2.07 bits per heavy atom. The first-order valence-corrected chi connectivity index (χ1v) is 5.94. The normalized spacial score (nSPS) is 28.7. The quantitative estimate of drug-likeness (QED) is 0.796. The molecule has 1 aliphatic heterocycles. The molecule has 1 aromatic rings. The van der Waals surface area contributed by atoms with Gasteiger partial charge in [-0.3, -0.25) is 0 Å². The van der Waals surface area contributed by atoms with Gasteiger partial charge < -0.3 is 10.6 Å². The monoisotopic (exact) mass is 202 g/mol. The molecule has 1 heterocycles. The van der Waals surface area contributed by atoms with Gasteiger partial charge in [0.05, 0.1) is 0 Å². The highest BCUT2D eigenvalue weighted by Crippen LogP contribution is 2.44. The predicted octanol–water partition coefficient (Wildman–Crippen LogP) is 2.13. The molecule has 3 rings (SSSR count). The van der Waals surface area contributed by atoms with E-state index in [1.807, 2.05) is 0 Å². The van der Waals surface area contributed by atoms with Crippen molar-refractivity contribution in [2.45, 2.75) is 31.8 Å². The molecule has 80 valence electrons. The standard InChI is InChI=1S/C13H18N2/c14-9-10-3-5-12(6-4-10)15-7-1-2-11-8-13(11)15/h3-6,11,13H,1-2,7-9,14H2. The Labute approximate surface area is 91.1 Å². The van der Waals surface area contributed by atoms with Gasteiger partial charge in [0.2, 0.25) is 0 Å². The molecule has 2 atom stereocenters. The van der Waals surface area contributed by atoms with Gasteiger partial charge in [0.1, 0.15) is 0 Å². The summed E-state index contributed by atoms with van der Waals surface area (Å²) in [5, 5.41) is 0. The number of hydrogen-bond acceptors (Lipinski definition) is 2. The second-order valence-electron chi connectivity index (χ2n) is 4.77. The number of nitrogens with zero attached hydrogens (tertiary/aromatic N) is 1. The number of anilines is 1. The van der Waals surface area contributed by atoms with Gasteiger partial charge in [-0.15, -0.1) is 0 Å². The van der Waals surface area contributed by atoms with E-state index in [9.17, 15) is 0 Å². The third-order valence-electron chi connectivity index (χ3n) is 3.76. The Balaban J connectivity index is 1.79. The Hall–Kier alpha value is -1.02. The average Bonchev–Trinajstić information content (AvgIpc) is 3.08. The Kier molecular flexibility index (Phi) is 2.17. The summed E-state index contributed by atoms with van der Waals surface area (Å²) in [7, 11) is 0. The van der Waals surface area contributed by atoms with E-state index in [1.165, 1.54) is 37.1 Å². The molecule has 0 spiro atoms. The Bertz CT molecular complexity index is 344. The lowest BCUT2D eigenvalue weighted by Crippen LogP contribution is -2.31. The summed E-state index contributed by atoms with van der Waals surface area (Å²) in [5.74, 6) is 0.993.